The molecule has 2 heterocycles. The van der Waals surface area contributed by atoms with Gasteiger partial charge in [-0.3, -0.25) is 0 Å². The lowest BCUT2D eigenvalue weighted by Crippen LogP contribution is -2.26. The van der Waals surface area contributed by atoms with Gasteiger partial charge in [0.1, 0.15) is 5.82 Å². The first-order valence-corrected chi connectivity index (χ1v) is 9.59. The SMILES string of the molecule is O=S(=O)(NCCc1csc(-n2cccn2)n1)c1ccc(F)c(Cl)c1. The summed E-state index contributed by atoms with van der Waals surface area (Å²) in [5, 5.41) is 6.41. The molecule has 10 heteroatoms. The lowest BCUT2D eigenvalue weighted by molar-refractivity contribution is 0.580. The minimum atomic E-state index is -3.75. The van der Waals surface area contributed by atoms with Crippen molar-refractivity contribution in [1.82, 2.24) is 19.5 Å². The van der Waals surface area contributed by atoms with Crippen LogP contribution in [-0.2, 0) is 16.4 Å². The van der Waals surface area contributed by atoms with Crippen LogP contribution in [0.2, 0.25) is 5.02 Å². The average molecular weight is 387 g/mol. The van der Waals surface area contributed by atoms with E-state index in [0.717, 1.165) is 17.8 Å². The first-order chi connectivity index (χ1) is 11.5. The van der Waals surface area contributed by atoms with Crippen molar-refractivity contribution in [3.8, 4) is 5.13 Å². The summed E-state index contributed by atoms with van der Waals surface area (Å²) in [7, 11) is -3.75. The molecule has 0 radical (unpaired) electrons. The Labute approximate surface area is 147 Å². The summed E-state index contributed by atoms with van der Waals surface area (Å²) in [6.45, 7) is 0.166. The molecule has 0 unspecified atom stereocenters. The van der Waals surface area contributed by atoms with Crippen LogP contribution in [0.3, 0.4) is 0 Å². The molecule has 0 aliphatic heterocycles. The Kier molecular flexibility index (Phi) is 4.95. The summed E-state index contributed by atoms with van der Waals surface area (Å²) in [4.78, 5) is 4.30. The third kappa shape index (κ3) is 3.81. The van der Waals surface area contributed by atoms with Crippen LogP contribution in [0, 0.1) is 5.82 Å². The van der Waals surface area contributed by atoms with Crippen molar-refractivity contribution in [1.29, 1.82) is 0 Å². The zero-order chi connectivity index (χ0) is 17.2. The molecular formula is C14H12ClFN4O2S2. The number of halogens is 2. The summed E-state index contributed by atoms with van der Waals surface area (Å²) < 4.78 is 41.5. The maximum atomic E-state index is 13.1. The number of sulfonamides is 1. The van der Waals surface area contributed by atoms with Gasteiger partial charge in [0, 0.05) is 30.7 Å². The zero-order valence-corrected chi connectivity index (χ0v) is 14.6. The van der Waals surface area contributed by atoms with Crippen LogP contribution in [0.15, 0.2) is 46.9 Å². The number of aromatic nitrogens is 3. The van der Waals surface area contributed by atoms with E-state index < -0.39 is 15.8 Å². The highest BCUT2D eigenvalue weighted by Gasteiger charge is 2.15. The molecule has 6 nitrogen and oxygen atoms in total. The predicted molar refractivity (Wildman–Crippen MR) is 89.5 cm³/mol. The second-order valence-electron chi connectivity index (χ2n) is 4.80. The van der Waals surface area contributed by atoms with E-state index in [-0.39, 0.29) is 16.5 Å². The second kappa shape index (κ2) is 6.98. The Balaban J connectivity index is 1.62. The second-order valence-corrected chi connectivity index (χ2v) is 7.81. The molecule has 0 atom stereocenters. The molecule has 0 spiro atoms. The molecule has 2 aromatic heterocycles. The Morgan fingerprint density at radius 1 is 1.38 bits per heavy atom. The predicted octanol–water partition coefficient (Wildman–Crippen LogP) is 2.64. The normalized spacial score (nSPS) is 11.8. The van der Waals surface area contributed by atoms with E-state index in [4.69, 9.17) is 11.6 Å². The van der Waals surface area contributed by atoms with Crippen LogP contribution in [0.1, 0.15) is 5.69 Å². The monoisotopic (exact) mass is 386 g/mol. The van der Waals surface area contributed by atoms with E-state index in [0.29, 0.717) is 11.6 Å². The third-order valence-corrected chi connectivity index (χ3v) is 5.74. The number of hydrogen-bond acceptors (Lipinski definition) is 5. The number of nitrogens with one attached hydrogen (secondary N) is 1. The van der Waals surface area contributed by atoms with Gasteiger partial charge in [-0.1, -0.05) is 11.6 Å². The molecule has 0 aliphatic carbocycles. The molecule has 24 heavy (non-hydrogen) atoms. The van der Waals surface area contributed by atoms with Crippen molar-refractivity contribution in [2.45, 2.75) is 11.3 Å². The van der Waals surface area contributed by atoms with E-state index >= 15 is 0 Å². The highest BCUT2D eigenvalue weighted by Crippen LogP contribution is 2.19. The number of hydrogen-bond donors (Lipinski definition) is 1. The fourth-order valence-electron chi connectivity index (χ4n) is 1.94. The van der Waals surface area contributed by atoms with Crippen LogP contribution in [0.5, 0.6) is 0 Å². The maximum Gasteiger partial charge on any atom is 0.240 e. The van der Waals surface area contributed by atoms with Crippen molar-refractivity contribution in [2.24, 2.45) is 0 Å². The van der Waals surface area contributed by atoms with E-state index in [1.54, 1.807) is 23.1 Å². The van der Waals surface area contributed by atoms with E-state index in [9.17, 15) is 12.8 Å². The van der Waals surface area contributed by atoms with Crippen molar-refractivity contribution in [3.05, 3.63) is 58.6 Å². The van der Waals surface area contributed by atoms with E-state index in [1.807, 2.05) is 5.38 Å². The summed E-state index contributed by atoms with van der Waals surface area (Å²) in [5.41, 5.74) is 0.755. The summed E-state index contributed by atoms with van der Waals surface area (Å²) in [6.07, 6.45) is 3.86. The van der Waals surface area contributed by atoms with Crippen LogP contribution >= 0.6 is 22.9 Å². The summed E-state index contributed by atoms with van der Waals surface area (Å²) >= 11 is 7.04. The molecule has 1 aromatic carbocycles. The topological polar surface area (TPSA) is 76.9 Å². The molecule has 0 bridgehead atoms. The van der Waals surface area contributed by atoms with Gasteiger partial charge in [-0.2, -0.15) is 5.10 Å². The fraction of sp³-hybridized carbons (Fsp3) is 0.143. The Hall–Kier alpha value is -1.81. The van der Waals surface area contributed by atoms with Gasteiger partial charge >= 0.3 is 0 Å². The number of thiazole rings is 1. The molecule has 0 saturated carbocycles. The van der Waals surface area contributed by atoms with Gasteiger partial charge < -0.3 is 0 Å². The molecule has 3 aromatic rings. The summed E-state index contributed by atoms with van der Waals surface area (Å²) in [6, 6.07) is 5.07. The Morgan fingerprint density at radius 3 is 2.92 bits per heavy atom. The van der Waals surface area contributed by atoms with Gasteiger partial charge in [0.05, 0.1) is 15.6 Å². The number of nitrogens with zero attached hydrogens (tertiary/aromatic N) is 3. The van der Waals surface area contributed by atoms with Crippen molar-refractivity contribution >= 4 is 33.0 Å². The lowest BCUT2D eigenvalue weighted by Gasteiger charge is -2.06. The van der Waals surface area contributed by atoms with Gasteiger partial charge in [0.25, 0.3) is 0 Å². The number of benzene rings is 1. The van der Waals surface area contributed by atoms with Gasteiger partial charge in [0.15, 0.2) is 0 Å². The first kappa shape index (κ1) is 17.0. The highest BCUT2D eigenvalue weighted by molar-refractivity contribution is 7.89. The van der Waals surface area contributed by atoms with Crippen molar-refractivity contribution < 1.29 is 12.8 Å². The average Bonchev–Trinajstić information content (AvgIpc) is 3.20. The highest BCUT2D eigenvalue weighted by atomic mass is 35.5. The van der Waals surface area contributed by atoms with Gasteiger partial charge in [-0.05, 0) is 24.3 Å². The van der Waals surface area contributed by atoms with Gasteiger partial charge in [-0.15, -0.1) is 11.3 Å². The van der Waals surface area contributed by atoms with Crippen LogP contribution in [0.25, 0.3) is 5.13 Å². The van der Waals surface area contributed by atoms with Crippen molar-refractivity contribution in [2.75, 3.05) is 6.54 Å². The van der Waals surface area contributed by atoms with Crippen LogP contribution < -0.4 is 4.72 Å². The molecule has 0 fully saturated rings. The Bertz CT molecular complexity index is 942. The number of rotatable bonds is 6. The third-order valence-electron chi connectivity index (χ3n) is 3.11. The summed E-state index contributed by atoms with van der Waals surface area (Å²) in [5.74, 6) is -0.663. The van der Waals surface area contributed by atoms with Gasteiger partial charge in [0.2, 0.25) is 15.2 Å². The zero-order valence-electron chi connectivity index (χ0n) is 12.2. The molecule has 0 amide bonds. The molecule has 1 N–H and O–H groups in total. The fourth-order valence-corrected chi connectivity index (χ4v) is 4.04. The van der Waals surface area contributed by atoms with Gasteiger partial charge in [-0.25, -0.2) is 27.2 Å². The Morgan fingerprint density at radius 2 is 2.21 bits per heavy atom. The maximum absolute atomic E-state index is 13.1. The quantitative estimate of drug-likeness (QED) is 0.706. The lowest BCUT2D eigenvalue weighted by atomic mass is 10.3. The molecule has 126 valence electrons. The van der Waals surface area contributed by atoms with Crippen LogP contribution in [-0.4, -0.2) is 29.7 Å². The molecule has 3 rings (SSSR count). The molecule has 0 saturated heterocycles. The minimum Gasteiger partial charge on any atom is -0.223 e. The van der Waals surface area contributed by atoms with Crippen LogP contribution in [0.4, 0.5) is 4.39 Å². The van der Waals surface area contributed by atoms with Crippen molar-refractivity contribution in [3.63, 3.8) is 0 Å². The standard InChI is InChI=1S/C14H12ClFN4O2S2/c15-12-8-11(2-3-13(12)16)24(21,22)18-6-4-10-9-23-14(19-10)20-7-1-5-17-20/h1-3,5,7-9,18H,4,6H2. The van der Waals surface area contributed by atoms with E-state index in [2.05, 4.69) is 14.8 Å². The first-order valence-electron chi connectivity index (χ1n) is 6.85. The van der Waals surface area contributed by atoms with E-state index in [1.165, 1.54) is 17.4 Å². The molecular weight excluding hydrogens is 375 g/mol. The minimum absolute atomic E-state index is 0.0793. The largest absolute Gasteiger partial charge is 0.240 e. The smallest absolute Gasteiger partial charge is 0.223 e. The molecule has 0 aliphatic rings.